The lowest BCUT2D eigenvalue weighted by Crippen LogP contribution is -2.05. The number of pyridine rings is 1. The first-order valence-electron chi connectivity index (χ1n) is 4.44. The van der Waals surface area contributed by atoms with Gasteiger partial charge in [-0.05, 0) is 31.2 Å². The van der Waals surface area contributed by atoms with Crippen LogP contribution in [0.25, 0.3) is 6.08 Å². The Morgan fingerprint density at radius 3 is 2.53 bits per heavy atom. The molecule has 0 saturated heterocycles. The smallest absolute Gasteiger partial charge is 0.330 e. The maximum atomic E-state index is 12.2. The highest BCUT2D eigenvalue weighted by atomic mass is 19.4. The van der Waals surface area contributed by atoms with Crippen LogP contribution < -0.4 is 5.73 Å². The van der Waals surface area contributed by atoms with Gasteiger partial charge < -0.3 is 5.73 Å². The third-order valence-corrected chi connectivity index (χ3v) is 1.74. The van der Waals surface area contributed by atoms with Crippen LogP contribution in [0.3, 0.4) is 0 Å². The van der Waals surface area contributed by atoms with E-state index in [4.69, 9.17) is 5.73 Å². The number of halogens is 3. The van der Waals surface area contributed by atoms with Crippen molar-refractivity contribution in [2.45, 2.75) is 12.6 Å². The normalized spacial score (nSPS) is 12.3. The van der Waals surface area contributed by atoms with Crippen molar-refractivity contribution in [1.82, 2.24) is 4.98 Å². The molecule has 0 saturated carbocycles. The van der Waals surface area contributed by atoms with Gasteiger partial charge in [0, 0.05) is 6.20 Å². The molecule has 15 heavy (non-hydrogen) atoms. The molecule has 1 rings (SSSR count). The Morgan fingerprint density at radius 1 is 1.33 bits per heavy atom. The van der Waals surface area contributed by atoms with Crippen molar-refractivity contribution in [1.29, 1.82) is 0 Å². The van der Waals surface area contributed by atoms with E-state index in [2.05, 4.69) is 4.98 Å². The van der Waals surface area contributed by atoms with Gasteiger partial charge in [0.25, 0.3) is 0 Å². The number of hydrogen-bond acceptors (Lipinski definition) is 2. The molecule has 0 aliphatic heterocycles. The lowest BCUT2D eigenvalue weighted by atomic mass is 10.2. The summed E-state index contributed by atoms with van der Waals surface area (Å²) in [5.41, 5.74) is 5.01. The molecule has 2 nitrogen and oxygen atoms in total. The fourth-order valence-corrected chi connectivity index (χ4v) is 0.972. The topological polar surface area (TPSA) is 38.9 Å². The lowest BCUT2D eigenvalue weighted by molar-refractivity contribution is -0.137. The molecule has 1 aromatic rings. The van der Waals surface area contributed by atoms with Crippen LogP contribution in [-0.2, 0) is 6.18 Å². The van der Waals surface area contributed by atoms with E-state index in [0.29, 0.717) is 18.7 Å². The Balaban J connectivity index is 2.73. The van der Waals surface area contributed by atoms with Gasteiger partial charge in [-0.15, -0.1) is 0 Å². The molecule has 1 aromatic heterocycles. The monoisotopic (exact) mass is 216 g/mol. The van der Waals surface area contributed by atoms with Crippen molar-refractivity contribution in [3.63, 3.8) is 0 Å². The molecule has 0 aliphatic rings. The Kier molecular flexibility index (Phi) is 3.85. The van der Waals surface area contributed by atoms with E-state index in [1.165, 1.54) is 6.07 Å². The first kappa shape index (κ1) is 11.7. The van der Waals surface area contributed by atoms with Gasteiger partial charge in [0.15, 0.2) is 0 Å². The second kappa shape index (κ2) is 4.93. The summed E-state index contributed by atoms with van der Waals surface area (Å²) in [4.78, 5) is 3.67. The highest BCUT2D eigenvalue weighted by Gasteiger charge is 2.30. The summed E-state index contributed by atoms with van der Waals surface area (Å²) in [6.45, 7) is 0.511. The van der Waals surface area contributed by atoms with Crippen molar-refractivity contribution in [2.75, 3.05) is 6.54 Å². The van der Waals surface area contributed by atoms with Gasteiger partial charge in [-0.3, -0.25) is 4.98 Å². The number of aromatic nitrogens is 1. The molecule has 2 N–H and O–H groups in total. The molecule has 1 heterocycles. The van der Waals surface area contributed by atoms with Gasteiger partial charge in [-0.1, -0.05) is 6.08 Å². The number of nitrogens with zero attached hydrogens (tertiary/aromatic N) is 1. The van der Waals surface area contributed by atoms with Crippen LogP contribution in [0.4, 0.5) is 13.2 Å². The molecule has 5 heteroatoms. The van der Waals surface area contributed by atoms with Crippen molar-refractivity contribution in [3.8, 4) is 0 Å². The summed E-state index contributed by atoms with van der Waals surface area (Å²) in [5, 5.41) is 0. The maximum absolute atomic E-state index is 12.2. The highest BCUT2D eigenvalue weighted by molar-refractivity contribution is 5.44. The standard InChI is InChI=1S/C10H11F3N2/c11-10(12,13)8-4-5-9(15-7-8)3-1-2-6-14/h1,3-5,7H,2,6,14H2. The summed E-state index contributed by atoms with van der Waals surface area (Å²) in [5.74, 6) is 0. The van der Waals surface area contributed by atoms with Crippen molar-refractivity contribution >= 4 is 6.08 Å². The second-order valence-electron chi connectivity index (χ2n) is 2.95. The average molecular weight is 216 g/mol. The zero-order valence-corrected chi connectivity index (χ0v) is 7.96. The predicted octanol–water partition coefficient (Wildman–Crippen LogP) is 2.46. The van der Waals surface area contributed by atoms with Crippen LogP contribution in [0.1, 0.15) is 17.7 Å². The minimum Gasteiger partial charge on any atom is -0.330 e. The minimum absolute atomic E-state index is 0.497. The fourth-order valence-electron chi connectivity index (χ4n) is 0.972. The highest BCUT2D eigenvalue weighted by Crippen LogP contribution is 2.28. The Labute approximate surface area is 85.6 Å². The number of rotatable bonds is 3. The predicted molar refractivity (Wildman–Crippen MR) is 51.9 cm³/mol. The van der Waals surface area contributed by atoms with Gasteiger partial charge in [0.05, 0.1) is 11.3 Å². The van der Waals surface area contributed by atoms with Crippen molar-refractivity contribution in [2.24, 2.45) is 5.73 Å². The molecule has 0 bridgehead atoms. The lowest BCUT2D eigenvalue weighted by Gasteiger charge is -2.05. The Bertz CT molecular complexity index is 328. The summed E-state index contributed by atoms with van der Waals surface area (Å²) in [6, 6.07) is 2.34. The number of hydrogen-bond donors (Lipinski definition) is 1. The first-order valence-corrected chi connectivity index (χ1v) is 4.44. The molecular formula is C10H11F3N2. The van der Waals surface area contributed by atoms with E-state index in [9.17, 15) is 13.2 Å². The van der Waals surface area contributed by atoms with E-state index < -0.39 is 11.7 Å². The molecule has 82 valence electrons. The van der Waals surface area contributed by atoms with E-state index in [0.717, 1.165) is 12.3 Å². The zero-order valence-electron chi connectivity index (χ0n) is 7.96. The van der Waals surface area contributed by atoms with E-state index in [1.807, 2.05) is 0 Å². The van der Waals surface area contributed by atoms with Crippen LogP contribution in [0.2, 0.25) is 0 Å². The molecule has 0 aromatic carbocycles. The van der Waals surface area contributed by atoms with Gasteiger partial charge in [0.1, 0.15) is 0 Å². The zero-order chi connectivity index (χ0) is 11.3. The summed E-state index contributed by atoms with van der Waals surface area (Å²) < 4.78 is 36.5. The van der Waals surface area contributed by atoms with E-state index in [-0.39, 0.29) is 0 Å². The van der Waals surface area contributed by atoms with Gasteiger partial charge >= 0.3 is 6.18 Å². The minimum atomic E-state index is -4.33. The quantitative estimate of drug-likeness (QED) is 0.842. The molecule has 0 spiro atoms. The third-order valence-electron chi connectivity index (χ3n) is 1.74. The summed E-state index contributed by atoms with van der Waals surface area (Å²) in [6.07, 6.45) is 0.597. The van der Waals surface area contributed by atoms with Gasteiger partial charge in [-0.2, -0.15) is 13.2 Å². The molecule has 0 atom stereocenters. The Morgan fingerprint density at radius 2 is 2.07 bits per heavy atom. The van der Waals surface area contributed by atoms with Crippen LogP contribution >= 0.6 is 0 Å². The molecule has 0 fully saturated rings. The average Bonchev–Trinajstić information content (AvgIpc) is 2.18. The van der Waals surface area contributed by atoms with Crippen LogP contribution in [0.5, 0.6) is 0 Å². The Hall–Kier alpha value is -1.36. The number of alkyl halides is 3. The summed E-state index contributed by atoms with van der Waals surface area (Å²) in [7, 11) is 0. The molecule has 0 aliphatic carbocycles. The van der Waals surface area contributed by atoms with Crippen LogP contribution in [0, 0.1) is 0 Å². The largest absolute Gasteiger partial charge is 0.417 e. The molecular weight excluding hydrogens is 205 g/mol. The first-order chi connectivity index (χ1) is 7.04. The number of nitrogens with two attached hydrogens (primary N) is 1. The van der Waals surface area contributed by atoms with Gasteiger partial charge in [0.2, 0.25) is 0 Å². The molecule has 0 radical (unpaired) electrons. The van der Waals surface area contributed by atoms with Gasteiger partial charge in [-0.25, -0.2) is 0 Å². The van der Waals surface area contributed by atoms with E-state index >= 15 is 0 Å². The SMILES string of the molecule is NCCC=Cc1ccc(C(F)(F)F)cn1. The molecule has 0 amide bonds. The van der Waals surface area contributed by atoms with Crippen LogP contribution in [-0.4, -0.2) is 11.5 Å². The molecule has 0 unspecified atom stereocenters. The summed E-state index contributed by atoms with van der Waals surface area (Å²) >= 11 is 0. The van der Waals surface area contributed by atoms with Crippen molar-refractivity contribution in [3.05, 3.63) is 35.7 Å². The maximum Gasteiger partial charge on any atom is 0.417 e. The fraction of sp³-hybridized carbons (Fsp3) is 0.300. The van der Waals surface area contributed by atoms with E-state index in [1.54, 1.807) is 12.2 Å². The second-order valence-corrected chi connectivity index (χ2v) is 2.95. The third kappa shape index (κ3) is 3.71. The van der Waals surface area contributed by atoms with Crippen LogP contribution in [0.15, 0.2) is 24.4 Å². The van der Waals surface area contributed by atoms with Crippen molar-refractivity contribution < 1.29 is 13.2 Å².